The number of nitro benzene ring substituents is 1. The number of Topliss-reactive ketones (excluding diaryl/α,β-unsaturated/α-hetero) is 1. The lowest BCUT2D eigenvalue weighted by Crippen LogP contribution is -2.30. The monoisotopic (exact) mass is 253 g/mol. The Labute approximate surface area is 106 Å². The Morgan fingerprint density at radius 2 is 1.89 bits per heavy atom. The highest BCUT2D eigenvalue weighted by Gasteiger charge is 2.19. The minimum atomic E-state index is -1.83. The van der Waals surface area contributed by atoms with Crippen LogP contribution >= 0.6 is 0 Å². The topological polar surface area (TPSA) is 101 Å². The highest BCUT2D eigenvalue weighted by Crippen LogP contribution is 2.13. The van der Waals surface area contributed by atoms with Crippen LogP contribution in [-0.2, 0) is 0 Å². The average Bonchev–Trinajstić information content (AvgIpc) is 2.39. The summed E-state index contributed by atoms with van der Waals surface area (Å²) >= 11 is 0. The second kappa shape index (κ2) is 7.57. The van der Waals surface area contributed by atoms with Gasteiger partial charge in [-0.1, -0.05) is 26.8 Å². The van der Waals surface area contributed by atoms with Gasteiger partial charge in [0.1, 0.15) is 0 Å². The Morgan fingerprint density at radius 3 is 2.28 bits per heavy atom. The van der Waals surface area contributed by atoms with E-state index in [9.17, 15) is 14.9 Å². The predicted molar refractivity (Wildman–Crippen MR) is 68.9 cm³/mol. The number of hydrogen-bond acceptors (Lipinski definition) is 5. The number of carbonyl (C=O) groups is 1. The summed E-state index contributed by atoms with van der Waals surface area (Å²) in [6.07, 6.45) is 0.197. The fourth-order valence-electron chi connectivity index (χ4n) is 1.25. The van der Waals surface area contributed by atoms with Crippen LogP contribution in [0.1, 0.15) is 37.6 Å². The van der Waals surface area contributed by atoms with Gasteiger partial charge in [-0.05, 0) is 5.46 Å². The molecular formula is C11H16BNO5. The summed E-state index contributed by atoms with van der Waals surface area (Å²) in [5, 5.41) is 28.4. The summed E-state index contributed by atoms with van der Waals surface area (Å²) in [5.41, 5.74) is -0.284. The van der Waals surface area contributed by atoms with Crippen molar-refractivity contribution in [3.63, 3.8) is 0 Å². The van der Waals surface area contributed by atoms with Crippen molar-refractivity contribution < 1.29 is 19.8 Å². The van der Waals surface area contributed by atoms with Crippen molar-refractivity contribution in [2.24, 2.45) is 0 Å². The molecule has 0 aliphatic carbocycles. The highest BCUT2D eigenvalue weighted by molar-refractivity contribution is 6.58. The van der Waals surface area contributed by atoms with E-state index in [2.05, 4.69) is 0 Å². The molecule has 0 saturated heterocycles. The Hall–Kier alpha value is -1.73. The Morgan fingerprint density at radius 1 is 1.33 bits per heavy atom. The second-order valence-electron chi connectivity index (χ2n) is 3.22. The van der Waals surface area contributed by atoms with E-state index in [4.69, 9.17) is 10.0 Å². The largest absolute Gasteiger partial charge is 0.488 e. The van der Waals surface area contributed by atoms with Gasteiger partial charge in [0.25, 0.3) is 5.69 Å². The first-order chi connectivity index (χ1) is 8.45. The maximum Gasteiger partial charge on any atom is 0.488 e. The molecule has 0 aromatic heterocycles. The molecule has 0 unspecified atom stereocenters. The number of carbonyl (C=O) groups excluding carboxylic acids is 1. The lowest BCUT2D eigenvalue weighted by molar-refractivity contribution is -0.384. The van der Waals surface area contributed by atoms with Crippen molar-refractivity contribution in [2.75, 3.05) is 0 Å². The number of ketones is 1. The first kappa shape index (κ1) is 16.3. The summed E-state index contributed by atoms with van der Waals surface area (Å²) in [5.74, 6) is -0.286. The van der Waals surface area contributed by atoms with Crippen LogP contribution in [0.15, 0.2) is 18.2 Å². The van der Waals surface area contributed by atoms with Gasteiger partial charge < -0.3 is 10.0 Å². The summed E-state index contributed by atoms with van der Waals surface area (Å²) in [6, 6.07) is 3.39. The van der Waals surface area contributed by atoms with Crippen molar-refractivity contribution >= 4 is 24.1 Å². The van der Waals surface area contributed by atoms with Crippen molar-refractivity contribution in [3.05, 3.63) is 33.9 Å². The molecule has 0 bridgehead atoms. The molecule has 0 aliphatic rings. The number of nitro groups is 1. The van der Waals surface area contributed by atoms with E-state index in [1.807, 2.05) is 13.8 Å². The fraction of sp³-hybridized carbons (Fsp3) is 0.364. The van der Waals surface area contributed by atoms with Gasteiger partial charge in [-0.3, -0.25) is 14.9 Å². The van der Waals surface area contributed by atoms with E-state index < -0.39 is 12.0 Å². The minimum Gasteiger partial charge on any atom is -0.423 e. The quantitative estimate of drug-likeness (QED) is 0.359. The smallest absolute Gasteiger partial charge is 0.423 e. The van der Waals surface area contributed by atoms with Crippen LogP contribution in [0.4, 0.5) is 5.69 Å². The molecule has 1 rings (SSSR count). The molecule has 1 aromatic carbocycles. The predicted octanol–water partition coefficient (Wildman–Crippen LogP) is 0.893. The minimum absolute atomic E-state index is 0.0639. The molecule has 2 N–H and O–H groups in total. The summed E-state index contributed by atoms with van der Waals surface area (Å²) in [7, 11) is -1.83. The maximum absolute atomic E-state index is 11.4. The van der Waals surface area contributed by atoms with Gasteiger partial charge in [0.2, 0.25) is 0 Å². The Kier molecular flexibility index (Phi) is 6.85. The zero-order valence-electron chi connectivity index (χ0n) is 10.6. The molecule has 0 saturated carbocycles. The number of benzene rings is 1. The molecule has 0 amide bonds. The Balaban J connectivity index is 0.00000137. The third kappa shape index (κ3) is 4.27. The summed E-state index contributed by atoms with van der Waals surface area (Å²) in [4.78, 5) is 21.3. The van der Waals surface area contributed by atoms with Crippen LogP contribution in [0.3, 0.4) is 0 Å². The molecule has 0 heterocycles. The van der Waals surface area contributed by atoms with Crippen LogP contribution in [0.25, 0.3) is 0 Å². The van der Waals surface area contributed by atoms with Crippen LogP contribution < -0.4 is 5.46 Å². The van der Waals surface area contributed by atoms with E-state index in [-0.39, 0.29) is 28.9 Å². The molecule has 0 aliphatic heterocycles. The Bertz CT molecular complexity index is 433. The van der Waals surface area contributed by atoms with Crippen molar-refractivity contribution in [1.29, 1.82) is 0 Å². The lowest BCUT2D eigenvalue weighted by atomic mass is 9.79. The van der Waals surface area contributed by atoms with Crippen molar-refractivity contribution in [2.45, 2.75) is 27.2 Å². The first-order valence-corrected chi connectivity index (χ1v) is 5.64. The van der Waals surface area contributed by atoms with Crippen molar-refractivity contribution in [1.82, 2.24) is 0 Å². The van der Waals surface area contributed by atoms with Gasteiger partial charge in [-0.15, -0.1) is 0 Å². The van der Waals surface area contributed by atoms with Gasteiger partial charge in [0.15, 0.2) is 5.78 Å². The maximum atomic E-state index is 11.4. The van der Waals surface area contributed by atoms with Gasteiger partial charge in [-0.2, -0.15) is 0 Å². The number of hydrogen-bond donors (Lipinski definition) is 2. The molecule has 1 aromatic rings. The van der Waals surface area contributed by atoms with Gasteiger partial charge in [0, 0.05) is 24.1 Å². The standard InChI is InChI=1S/C9H10BNO5.C2H6/c1-2-9(12)6-3-7(10(13)14)5-8(4-6)11(15)16;1-2/h3-5,13-14H,2H2,1H3;1-2H3. The number of non-ortho nitro benzene ring substituents is 1. The van der Waals surface area contributed by atoms with Gasteiger partial charge >= 0.3 is 7.12 Å². The summed E-state index contributed by atoms with van der Waals surface area (Å²) < 4.78 is 0. The third-order valence-corrected chi connectivity index (χ3v) is 2.09. The normalized spacial score (nSPS) is 9.17. The van der Waals surface area contributed by atoms with Gasteiger partial charge in [-0.25, -0.2) is 0 Å². The molecule has 0 radical (unpaired) electrons. The molecule has 98 valence electrons. The molecule has 18 heavy (non-hydrogen) atoms. The molecule has 0 spiro atoms. The number of nitrogens with zero attached hydrogens (tertiary/aromatic N) is 1. The van der Waals surface area contributed by atoms with Crippen LogP contribution in [0.5, 0.6) is 0 Å². The van der Waals surface area contributed by atoms with Gasteiger partial charge in [0.05, 0.1) is 4.92 Å². The van der Waals surface area contributed by atoms with Crippen LogP contribution in [0, 0.1) is 10.1 Å². The fourth-order valence-corrected chi connectivity index (χ4v) is 1.25. The van der Waals surface area contributed by atoms with E-state index in [1.165, 1.54) is 6.07 Å². The highest BCUT2D eigenvalue weighted by atomic mass is 16.6. The summed E-state index contributed by atoms with van der Waals surface area (Å²) in [6.45, 7) is 5.62. The molecule has 0 atom stereocenters. The van der Waals surface area contributed by atoms with E-state index in [1.54, 1.807) is 6.92 Å². The molecule has 7 heteroatoms. The first-order valence-electron chi connectivity index (χ1n) is 5.64. The zero-order chi connectivity index (χ0) is 14.3. The van der Waals surface area contributed by atoms with E-state index >= 15 is 0 Å². The second-order valence-corrected chi connectivity index (χ2v) is 3.22. The molecular weight excluding hydrogens is 237 g/mol. The molecule has 0 fully saturated rings. The SMILES string of the molecule is CC.CCC(=O)c1cc(B(O)O)cc([N+](=O)[O-])c1. The zero-order valence-corrected chi connectivity index (χ0v) is 10.6. The van der Waals surface area contributed by atoms with E-state index in [0.717, 1.165) is 12.1 Å². The van der Waals surface area contributed by atoms with Crippen LogP contribution in [-0.4, -0.2) is 27.9 Å². The molecule has 6 nitrogen and oxygen atoms in total. The third-order valence-electron chi connectivity index (χ3n) is 2.09. The average molecular weight is 253 g/mol. The van der Waals surface area contributed by atoms with Crippen LogP contribution in [0.2, 0.25) is 0 Å². The number of rotatable bonds is 4. The van der Waals surface area contributed by atoms with Crippen molar-refractivity contribution in [3.8, 4) is 0 Å². The lowest BCUT2D eigenvalue weighted by Gasteiger charge is -2.03. The van der Waals surface area contributed by atoms with E-state index in [0.29, 0.717) is 0 Å².